The number of Topliss-reactive ketones (excluding diaryl/α,β-unsaturated/α-hetero) is 1. The minimum Gasteiger partial charge on any atom is -0.295 e. The Labute approximate surface area is 122 Å². The van der Waals surface area contributed by atoms with Crippen molar-refractivity contribution in [3.8, 4) is 0 Å². The fourth-order valence-electron chi connectivity index (χ4n) is 1.99. The number of non-ortho nitro benzene ring substituents is 1. The van der Waals surface area contributed by atoms with Gasteiger partial charge in [-0.2, -0.15) is 0 Å². The van der Waals surface area contributed by atoms with Crippen LogP contribution in [0.1, 0.15) is 18.1 Å². The van der Waals surface area contributed by atoms with E-state index in [0.29, 0.717) is 12.0 Å². The highest BCUT2D eigenvalue weighted by atomic mass is 16.6. The number of hydrogen-bond acceptors (Lipinski definition) is 3. The zero-order valence-corrected chi connectivity index (χ0v) is 11.7. The summed E-state index contributed by atoms with van der Waals surface area (Å²) in [6, 6.07) is 15.9. The number of allylic oxidation sites excluding steroid dienone is 1. The average molecular weight is 281 g/mol. The van der Waals surface area contributed by atoms with E-state index < -0.39 is 4.92 Å². The zero-order valence-electron chi connectivity index (χ0n) is 11.7. The van der Waals surface area contributed by atoms with Gasteiger partial charge in [0.15, 0.2) is 5.78 Å². The van der Waals surface area contributed by atoms with Crippen molar-refractivity contribution < 1.29 is 9.72 Å². The molecule has 2 aromatic carbocycles. The number of carbonyl (C=O) groups is 1. The Hall–Kier alpha value is -2.75. The summed E-state index contributed by atoms with van der Waals surface area (Å²) in [6.45, 7) is 1.53. The highest BCUT2D eigenvalue weighted by Crippen LogP contribution is 2.17. The Balaban J connectivity index is 2.25. The van der Waals surface area contributed by atoms with E-state index in [4.69, 9.17) is 0 Å². The smallest absolute Gasteiger partial charge is 0.269 e. The van der Waals surface area contributed by atoms with Gasteiger partial charge in [-0.3, -0.25) is 14.9 Å². The molecule has 0 saturated heterocycles. The van der Waals surface area contributed by atoms with E-state index in [1.165, 1.54) is 19.1 Å². The van der Waals surface area contributed by atoms with Crippen LogP contribution in [-0.2, 0) is 11.2 Å². The Morgan fingerprint density at radius 1 is 1.10 bits per heavy atom. The summed E-state index contributed by atoms with van der Waals surface area (Å²) in [5.74, 6) is -0.00259. The molecule has 2 rings (SSSR count). The molecule has 4 nitrogen and oxygen atoms in total. The van der Waals surface area contributed by atoms with Crippen LogP contribution >= 0.6 is 0 Å². The first-order valence-corrected chi connectivity index (χ1v) is 6.56. The van der Waals surface area contributed by atoms with E-state index in [0.717, 1.165) is 11.1 Å². The minimum atomic E-state index is -0.441. The van der Waals surface area contributed by atoms with Crippen LogP contribution in [-0.4, -0.2) is 10.7 Å². The molecule has 0 bridgehead atoms. The number of nitro groups is 1. The lowest BCUT2D eigenvalue weighted by Gasteiger charge is -2.04. The molecule has 0 N–H and O–H groups in total. The fraction of sp³-hybridized carbons (Fsp3) is 0.118. The van der Waals surface area contributed by atoms with E-state index in [2.05, 4.69) is 0 Å². The van der Waals surface area contributed by atoms with Crippen LogP contribution in [0.2, 0.25) is 0 Å². The van der Waals surface area contributed by atoms with Crippen LogP contribution in [0.15, 0.2) is 60.2 Å². The Morgan fingerprint density at radius 3 is 2.24 bits per heavy atom. The second kappa shape index (κ2) is 6.61. The van der Waals surface area contributed by atoms with Gasteiger partial charge in [0.05, 0.1) is 4.92 Å². The molecule has 4 heteroatoms. The van der Waals surface area contributed by atoms with E-state index in [9.17, 15) is 14.9 Å². The highest BCUT2D eigenvalue weighted by Gasteiger charge is 2.07. The van der Waals surface area contributed by atoms with Crippen LogP contribution in [0.5, 0.6) is 0 Å². The van der Waals surface area contributed by atoms with Crippen molar-refractivity contribution in [3.63, 3.8) is 0 Å². The van der Waals surface area contributed by atoms with Crippen molar-refractivity contribution in [2.24, 2.45) is 0 Å². The average Bonchev–Trinajstić information content (AvgIpc) is 2.48. The van der Waals surface area contributed by atoms with Crippen LogP contribution in [0, 0.1) is 10.1 Å². The first kappa shape index (κ1) is 14.7. The van der Waals surface area contributed by atoms with Crippen molar-refractivity contribution in [3.05, 3.63) is 81.4 Å². The molecule has 0 saturated carbocycles. The largest absolute Gasteiger partial charge is 0.295 e. The maximum absolute atomic E-state index is 11.8. The van der Waals surface area contributed by atoms with E-state index in [1.807, 2.05) is 30.3 Å². The minimum absolute atomic E-state index is 0.00259. The van der Waals surface area contributed by atoms with Crippen molar-refractivity contribution in [1.82, 2.24) is 0 Å². The van der Waals surface area contributed by atoms with Gasteiger partial charge >= 0.3 is 0 Å². The standard InChI is InChI=1S/C17H15NO3/c1-13(19)16(11-14-5-3-2-4-6-14)12-15-7-9-17(10-8-15)18(20)21/h2-10,12H,11H2,1H3/b16-12+. The molecular formula is C17H15NO3. The maximum Gasteiger partial charge on any atom is 0.269 e. The number of nitrogens with zero attached hydrogens (tertiary/aromatic N) is 1. The molecule has 0 aliphatic carbocycles. The lowest BCUT2D eigenvalue weighted by molar-refractivity contribution is -0.384. The first-order valence-electron chi connectivity index (χ1n) is 6.56. The number of hydrogen-bond donors (Lipinski definition) is 0. The first-order chi connectivity index (χ1) is 10.1. The summed E-state index contributed by atoms with van der Waals surface area (Å²) in [5.41, 5.74) is 2.55. The summed E-state index contributed by atoms with van der Waals surface area (Å²) in [6.07, 6.45) is 2.33. The molecule has 0 aliphatic rings. The molecule has 0 aliphatic heterocycles. The summed E-state index contributed by atoms with van der Waals surface area (Å²) < 4.78 is 0. The van der Waals surface area contributed by atoms with Gasteiger partial charge < -0.3 is 0 Å². The monoisotopic (exact) mass is 281 g/mol. The van der Waals surface area contributed by atoms with Crippen molar-refractivity contribution >= 4 is 17.5 Å². The van der Waals surface area contributed by atoms with Gasteiger partial charge in [0.25, 0.3) is 5.69 Å². The molecule has 0 radical (unpaired) electrons. The SMILES string of the molecule is CC(=O)/C(=C/c1ccc([N+](=O)[O-])cc1)Cc1ccccc1. The molecule has 0 heterocycles. The molecule has 0 spiro atoms. The summed E-state index contributed by atoms with van der Waals surface area (Å²) in [7, 11) is 0. The number of benzene rings is 2. The fourth-order valence-corrected chi connectivity index (χ4v) is 1.99. The van der Waals surface area contributed by atoms with Crippen LogP contribution in [0.3, 0.4) is 0 Å². The number of carbonyl (C=O) groups excluding carboxylic acids is 1. The van der Waals surface area contributed by atoms with Crippen molar-refractivity contribution in [2.75, 3.05) is 0 Å². The van der Waals surface area contributed by atoms with E-state index in [-0.39, 0.29) is 11.5 Å². The molecule has 21 heavy (non-hydrogen) atoms. The highest BCUT2D eigenvalue weighted by molar-refractivity contribution is 5.98. The van der Waals surface area contributed by atoms with Gasteiger partial charge in [-0.1, -0.05) is 30.3 Å². The maximum atomic E-state index is 11.8. The number of nitro benzene ring substituents is 1. The molecule has 0 fully saturated rings. The molecule has 0 aromatic heterocycles. The normalized spacial score (nSPS) is 11.2. The molecule has 0 atom stereocenters. The predicted molar refractivity (Wildman–Crippen MR) is 81.9 cm³/mol. The Kier molecular flexibility index (Phi) is 4.61. The summed E-state index contributed by atoms with van der Waals surface area (Å²) >= 11 is 0. The second-order valence-corrected chi connectivity index (χ2v) is 4.74. The molecule has 0 amide bonds. The Morgan fingerprint density at radius 2 is 1.71 bits per heavy atom. The molecule has 106 valence electrons. The molecule has 2 aromatic rings. The van der Waals surface area contributed by atoms with Gasteiger partial charge in [0.2, 0.25) is 0 Å². The van der Waals surface area contributed by atoms with Crippen LogP contribution in [0.4, 0.5) is 5.69 Å². The summed E-state index contributed by atoms with van der Waals surface area (Å²) in [5, 5.41) is 10.6. The quantitative estimate of drug-likeness (QED) is 0.475. The third kappa shape index (κ3) is 4.11. The number of ketones is 1. The lowest BCUT2D eigenvalue weighted by atomic mass is 10.00. The second-order valence-electron chi connectivity index (χ2n) is 4.74. The van der Waals surface area contributed by atoms with Gasteiger partial charge in [-0.25, -0.2) is 0 Å². The lowest BCUT2D eigenvalue weighted by Crippen LogP contribution is -2.00. The van der Waals surface area contributed by atoms with E-state index >= 15 is 0 Å². The van der Waals surface area contributed by atoms with Gasteiger partial charge in [0, 0.05) is 18.6 Å². The van der Waals surface area contributed by atoms with Gasteiger partial charge in [-0.15, -0.1) is 0 Å². The molecule has 0 unspecified atom stereocenters. The zero-order chi connectivity index (χ0) is 15.2. The Bertz CT molecular complexity index is 673. The summed E-state index contributed by atoms with van der Waals surface area (Å²) in [4.78, 5) is 21.9. The topological polar surface area (TPSA) is 60.2 Å². The van der Waals surface area contributed by atoms with E-state index in [1.54, 1.807) is 18.2 Å². The number of rotatable bonds is 5. The van der Waals surface area contributed by atoms with Crippen LogP contribution < -0.4 is 0 Å². The molecular weight excluding hydrogens is 266 g/mol. The third-order valence-corrected chi connectivity index (χ3v) is 3.13. The third-order valence-electron chi connectivity index (χ3n) is 3.13. The van der Waals surface area contributed by atoms with Gasteiger partial charge in [0.1, 0.15) is 0 Å². The van der Waals surface area contributed by atoms with Crippen LogP contribution in [0.25, 0.3) is 6.08 Å². The van der Waals surface area contributed by atoms with Gasteiger partial charge in [-0.05, 0) is 41.8 Å². The van der Waals surface area contributed by atoms with Crippen molar-refractivity contribution in [1.29, 1.82) is 0 Å². The van der Waals surface area contributed by atoms with Crippen molar-refractivity contribution in [2.45, 2.75) is 13.3 Å². The predicted octanol–water partition coefficient (Wildman–Crippen LogP) is 3.81.